The van der Waals surface area contributed by atoms with Crippen LogP contribution in [0.3, 0.4) is 0 Å². The largest absolute Gasteiger partial charge is 0.473 e. The Morgan fingerprint density at radius 3 is 2.53 bits per heavy atom. The molecule has 1 saturated carbocycles. The number of nitrogens with one attached hydrogen (secondary N) is 1. The van der Waals surface area contributed by atoms with Gasteiger partial charge in [-0.3, -0.25) is 4.79 Å². The molecular formula is C21H27N7O2. The van der Waals surface area contributed by atoms with Gasteiger partial charge in [-0.1, -0.05) is 6.92 Å². The maximum absolute atomic E-state index is 11.6. The number of aromatic nitrogens is 6. The maximum Gasteiger partial charge on any atom is 0.245 e. The van der Waals surface area contributed by atoms with Crippen molar-refractivity contribution in [2.24, 2.45) is 0 Å². The van der Waals surface area contributed by atoms with Crippen LogP contribution in [0.1, 0.15) is 51.8 Å². The fourth-order valence-corrected chi connectivity index (χ4v) is 3.84. The molecule has 9 heteroatoms. The van der Waals surface area contributed by atoms with Gasteiger partial charge in [0.2, 0.25) is 11.8 Å². The number of carbonyl (C=O) groups is 1. The lowest BCUT2D eigenvalue weighted by Crippen LogP contribution is -2.39. The van der Waals surface area contributed by atoms with E-state index in [2.05, 4.69) is 25.3 Å². The summed E-state index contributed by atoms with van der Waals surface area (Å²) in [5.74, 6) is 2.08. The van der Waals surface area contributed by atoms with Crippen molar-refractivity contribution in [1.82, 2.24) is 34.8 Å². The third kappa shape index (κ3) is 4.10. The van der Waals surface area contributed by atoms with Crippen LogP contribution in [0.2, 0.25) is 0 Å². The van der Waals surface area contributed by atoms with Crippen LogP contribution in [0.15, 0.2) is 18.7 Å². The fraction of sp³-hybridized carbons (Fsp3) is 0.524. The van der Waals surface area contributed by atoms with Gasteiger partial charge >= 0.3 is 0 Å². The van der Waals surface area contributed by atoms with Crippen molar-refractivity contribution in [3.63, 3.8) is 0 Å². The molecule has 3 heterocycles. The Balaban J connectivity index is 1.55. The molecule has 1 N–H and O–H groups in total. The van der Waals surface area contributed by atoms with E-state index in [-0.39, 0.29) is 18.1 Å². The second-order valence-corrected chi connectivity index (χ2v) is 7.56. The number of imidazole rings is 1. The quantitative estimate of drug-likeness (QED) is 0.667. The number of nitrogens with zero attached hydrogens (tertiary/aromatic N) is 6. The van der Waals surface area contributed by atoms with Gasteiger partial charge in [0, 0.05) is 31.4 Å². The highest BCUT2D eigenvalue weighted by molar-refractivity contribution is 5.81. The predicted molar refractivity (Wildman–Crippen MR) is 112 cm³/mol. The molecule has 0 bridgehead atoms. The number of aryl methyl sites for hydroxylation is 2. The molecule has 0 aromatic carbocycles. The van der Waals surface area contributed by atoms with E-state index < -0.39 is 0 Å². The number of rotatable bonds is 6. The normalized spacial score (nSPS) is 19.0. The van der Waals surface area contributed by atoms with E-state index in [9.17, 15) is 4.79 Å². The van der Waals surface area contributed by atoms with Gasteiger partial charge in [-0.15, -0.1) is 0 Å². The van der Waals surface area contributed by atoms with E-state index >= 15 is 0 Å². The van der Waals surface area contributed by atoms with Crippen molar-refractivity contribution >= 4 is 17.1 Å². The SMILES string of the molecule is CCC(=O)N[C@H]1CC[C@H](Oc2ncnc3c2nc(-c2cnc(C)nc2)n3CC)CC1. The molecule has 3 aromatic heterocycles. The monoisotopic (exact) mass is 409 g/mol. The number of hydrogen-bond donors (Lipinski definition) is 1. The smallest absolute Gasteiger partial charge is 0.245 e. The summed E-state index contributed by atoms with van der Waals surface area (Å²) in [6, 6.07) is 0.232. The van der Waals surface area contributed by atoms with E-state index in [1.807, 2.05) is 25.3 Å². The molecule has 30 heavy (non-hydrogen) atoms. The molecule has 0 aliphatic heterocycles. The molecule has 158 valence electrons. The van der Waals surface area contributed by atoms with Gasteiger partial charge < -0.3 is 14.6 Å². The highest BCUT2D eigenvalue weighted by atomic mass is 16.5. The minimum absolute atomic E-state index is 0.0517. The van der Waals surface area contributed by atoms with Gasteiger partial charge in [0.15, 0.2) is 11.2 Å². The Morgan fingerprint density at radius 1 is 1.13 bits per heavy atom. The molecule has 1 amide bonds. The lowest BCUT2D eigenvalue weighted by atomic mass is 9.93. The number of amides is 1. The Kier molecular flexibility index (Phi) is 5.87. The van der Waals surface area contributed by atoms with Crippen LogP contribution in [0, 0.1) is 6.92 Å². The van der Waals surface area contributed by atoms with Crippen LogP contribution in [0.25, 0.3) is 22.6 Å². The highest BCUT2D eigenvalue weighted by Gasteiger charge is 2.25. The fourth-order valence-electron chi connectivity index (χ4n) is 3.84. The van der Waals surface area contributed by atoms with Crippen molar-refractivity contribution in [2.45, 2.75) is 71.6 Å². The summed E-state index contributed by atoms with van der Waals surface area (Å²) in [4.78, 5) is 33.8. The topological polar surface area (TPSA) is 108 Å². The zero-order chi connectivity index (χ0) is 21.1. The van der Waals surface area contributed by atoms with Gasteiger partial charge in [0.25, 0.3) is 0 Å². The first-order valence-electron chi connectivity index (χ1n) is 10.5. The highest BCUT2D eigenvalue weighted by Crippen LogP contribution is 2.30. The molecular weight excluding hydrogens is 382 g/mol. The van der Waals surface area contributed by atoms with Crippen LogP contribution in [0.5, 0.6) is 5.88 Å². The van der Waals surface area contributed by atoms with Crippen LogP contribution in [-0.4, -0.2) is 47.5 Å². The van der Waals surface area contributed by atoms with Gasteiger partial charge in [0.1, 0.15) is 24.1 Å². The van der Waals surface area contributed by atoms with Crippen LogP contribution >= 0.6 is 0 Å². The summed E-state index contributed by atoms with van der Waals surface area (Å²) >= 11 is 0. The molecule has 3 aromatic rings. The van der Waals surface area contributed by atoms with Gasteiger partial charge in [-0.05, 0) is 39.5 Å². The zero-order valence-corrected chi connectivity index (χ0v) is 17.6. The first-order valence-corrected chi connectivity index (χ1v) is 10.5. The summed E-state index contributed by atoms with van der Waals surface area (Å²) in [6.07, 6.45) is 9.18. The van der Waals surface area contributed by atoms with Crippen LogP contribution in [-0.2, 0) is 11.3 Å². The standard InChI is InChI=1S/C21H27N7O2/c1-4-17(29)26-15-6-8-16(9-7-15)30-21-18-20(24-12-25-21)28(5-2)19(27-18)14-10-22-13(3)23-11-14/h10-12,15-16H,4-9H2,1-3H3,(H,26,29)/t15-,16-. The van der Waals surface area contributed by atoms with Crippen LogP contribution < -0.4 is 10.1 Å². The number of fused-ring (bicyclic) bond motifs is 1. The van der Waals surface area contributed by atoms with Crippen molar-refractivity contribution in [3.05, 3.63) is 24.5 Å². The van der Waals surface area contributed by atoms with E-state index in [0.29, 0.717) is 30.2 Å². The predicted octanol–water partition coefficient (Wildman–Crippen LogP) is 2.83. The van der Waals surface area contributed by atoms with E-state index in [1.165, 1.54) is 6.33 Å². The van der Waals surface area contributed by atoms with E-state index in [0.717, 1.165) is 42.7 Å². The van der Waals surface area contributed by atoms with Crippen molar-refractivity contribution in [3.8, 4) is 17.3 Å². The van der Waals surface area contributed by atoms with Gasteiger partial charge in [-0.25, -0.2) is 19.9 Å². The van der Waals surface area contributed by atoms with Gasteiger partial charge in [-0.2, -0.15) is 4.98 Å². The minimum atomic E-state index is 0.0517. The summed E-state index contributed by atoms with van der Waals surface area (Å²) in [7, 11) is 0. The first-order chi connectivity index (χ1) is 14.6. The number of hydrogen-bond acceptors (Lipinski definition) is 7. The van der Waals surface area contributed by atoms with E-state index in [1.54, 1.807) is 12.4 Å². The van der Waals surface area contributed by atoms with Crippen LogP contribution in [0.4, 0.5) is 0 Å². The van der Waals surface area contributed by atoms with Crippen molar-refractivity contribution < 1.29 is 9.53 Å². The molecule has 4 rings (SSSR count). The lowest BCUT2D eigenvalue weighted by molar-refractivity contribution is -0.121. The summed E-state index contributed by atoms with van der Waals surface area (Å²) in [5, 5.41) is 3.08. The first kappa shape index (κ1) is 20.2. The van der Waals surface area contributed by atoms with Crippen molar-refractivity contribution in [1.29, 1.82) is 0 Å². The molecule has 0 atom stereocenters. The molecule has 0 saturated heterocycles. The number of carbonyl (C=O) groups excluding carboxylic acids is 1. The summed E-state index contributed by atoms with van der Waals surface area (Å²) < 4.78 is 8.27. The molecule has 1 fully saturated rings. The molecule has 1 aliphatic rings. The molecule has 0 unspecified atom stereocenters. The average molecular weight is 409 g/mol. The molecule has 0 radical (unpaired) electrons. The Labute approximate surface area is 175 Å². The molecule has 1 aliphatic carbocycles. The Morgan fingerprint density at radius 2 is 1.87 bits per heavy atom. The molecule has 0 spiro atoms. The lowest BCUT2D eigenvalue weighted by Gasteiger charge is -2.29. The van der Waals surface area contributed by atoms with E-state index in [4.69, 9.17) is 9.72 Å². The molecule has 9 nitrogen and oxygen atoms in total. The second kappa shape index (κ2) is 8.73. The minimum Gasteiger partial charge on any atom is -0.473 e. The summed E-state index contributed by atoms with van der Waals surface area (Å²) in [6.45, 7) is 6.48. The maximum atomic E-state index is 11.6. The third-order valence-electron chi connectivity index (χ3n) is 5.49. The third-order valence-corrected chi connectivity index (χ3v) is 5.49. The van der Waals surface area contributed by atoms with Gasteiger partial charge in [0.05, 0.1) is 5.56 Å². The second-order valence-electron chi connectivity index (χ2n) is 7.56. The zero-order valence-electron chi connectivity index (χ0n) is 17.6. The average Bonchev–Trinajstić information content (AvgIpc) is 3.15. The summed E-state index contributed by atoms with van der Waals surface area (Å²) in [5.41, 5.74) is 2.22. The number of ether oxygens (including phenoxy) is 1. The van der Waals surface area contributed by atoms with Crippen molar-refractivity contribution in [2.75, 3.05) is 0 Å². The Bertz CT molecular complexity index is 1020. The Hall–Kier alpha value is -3.10.